The van der Waals surface area contributed by atoms with Gasteiger partial charge in [-0.05, 0) is 96.3 Å². The van der Waals surface area contributed by atoms with Gasteiger partial charge in [0, 0.05) is 6.42 Å². The maximum absolute atomic E-state index is 13.5. The summed E-state index contributed by atoms with van der Waals surface area (Å²) in [6.07, 6.45) is 72.3. The highest BCUT2D eigenvalue weighted by atomic mass is 16.7. The van der Waals surface area contributed by atoms with Crippen molar-refractivity contribution in [2.75, 3.05) is 13.2 Å². The number of aliphatic hydroxyl groups is 5. The van der Waals surface area contributed by atoms with Gasteiger partial charge in [-0.15, -0.1) is 0 Å². The smallest absolute Gasteiger partial charge is 0.306 e. The number of nitrogens with one attached hydrogen (secondary N) is 1. The fraction of sp³-hybridized carbons (Fsp3) is 0.816. The fourth-order valence-corrected chi connectivity index (χ4v) is 11.3. The van der Waals surface area contributed by atoms with Gasteiger partial charge in [-0.1, -0.05) is 306 Å². The monoisotopic (exact) mass is 1220 g/mol. The molecule has 0 aromatic rings. The van der Waals surface area contributed by atoms with Crippen LogP contribution in [0, 0.1) is 0 Å². The predicted molar refractivity (Wildman–Crippen MR) is 366 cm³/mol. The lowest BCUT2D eigenvalue weighted by Crippen LogP contribution is -2.61. The van der Waals surface area contributed by atoms with Crippen LogP contribution in [0.3, 0.4) is 0 Å². The Balaban J connectivity index is 2.55. The summed E-state index contributed by atoms with van der Waals surface area (Å²) in [4.78, 5) is 26.7. The molecule has 11 nitrogen and oxygen atoms in total. The number of carbonyl (C=O) groups excluding carboxylic acids is 2. The van der Waals surface area contributed by atoms with E-state index in [4.69, 9.17) is 14.2 Å². The third-order valence-electron chi connectivity index (χ3n) is 17.1. The first kappa shape index (κ1) is 82.1. The predicted octanol–water partition coefficient (Wildman–Crippen LogP) is 19.1. The Morgan fingerprint density at radius 2 is 0.793 bits per heavy atom. The second kappa shape index (κ2) is 63.3. The van der Waals surface area contributed by atoms with Crippen LogP contribution in [0.15, 0.2) is 72.9 Å². The van der Waals surface area contributed by atoms with Gasteiger partial charge in [0.1, 0.15) is 24.4 Å². The molecule has 0 aliphatic carbocycles. The van der Waals surface area contributed by atoms with Crippen molar-refractivity contribution in [3.63, 3.8) is 0 Å². The number of esters is 1. The number of unbranched alkanes of at least 4 members (excludes halogenated alkanes) is 39. The molecule has 8 atom stereocenters. The highest BCUT2D eigenvalue weighted by molar-refractivity contribution is 5.80. The number of hydrogen-bond donors (Lipinski definition) is 6. The van der Waals surface area contributed by atoms with E-state index in [1.807, 2.05) is 6.08 Å². The maximum Gasteiger partial charge on any atom is 0.306 e. The zero-order valence-corrected chi connectivity index (χ0v) is 56.4. The number of amides is 1. The van der Waals surface area contributed by atoms with E-state index in [1.165, 1.54) is 199 Å². The first-order chi connectivity index (χ1) is 42.7. The van der Waals surface area contributed by atoms with Crippen LogP contribution in [0.1, 0.15) is 335 Å². The number of aliphatic hydroxyl groups excluding tert-OH is 5. The van der Waals surface area contributed by atoms with Gasteiger partial charge in [0.25, 0.3) is 0 Å². The first-order valence-corrected chi connectivity index (χ1v) is 36.7. The first-order valence-electron chi connectivity index (χ1n) is 36.7. The number of carbonyl (C=O) groups is 2. The summed E-state index contributed by atoms with van der Waals surface area (Å²) in [5.41, 5.74) is 0. The Bertz CT molecular complexity index is 1690. The number of allylic oxidation sites excluding steroid dienone is 11. The summed E-state index contributed by atoms with van der Waals surface area (Å²) in [6, 6.07) is -1.03. The van der Waals surface area contributed by atoms with Crippen LogP contribution in [0.5, 0.6) is 0 Å². The highest BCUT2D eigenvalue weighted by Crippen LogP contribution is 2.26. The summed E-state index contributed by atoms with van der Waals surface area (Å²) in [5.74, 6) is -1.20. The van der Waals surface area contributed by atoms with E-state index >= 15 is 0 Å². The third kappa shape index (κ3) is 50.4. The second-order valence-electron chi connectivity index (χ2n) is 25.3. The van der Waals surface area contributed by atoms with E-state index in [-0.39, 0.29) is 19.4 Å². The van der Waals surface area contributed by atoms with Gasteiger partial charge >= 0.3 is 5.97 Å². The Kier molecular flexibility index (Phi) is 59.7. The molecule has 6 N–H and O–H groups in total. The minimum absolute atomic E-state index is 0.122. The molecule has 1 amide bonds. The van der Waals surface area contributed by atoms with Crippen molar-refractivity contribution in [3.8, 4) is 0 Å². The molecule has 1 fully saturated rings. The standard InChI is InChI=1S/C76H137NO10/c1-4-7-10-13-16-19-22-25-27-29-31-32-33-34-35-36-37-38-39-41-43-46-49-52-55-58-61-64-71(81)87-74-73(83)72(82)70(65-78)86-76(74)85-66-67(68(79)62-59-56-53-50-47-44-24-21-18-15-12-9-6-3)77-75(84)69(80)63-60-57-54-51-48-45-42-40-30-28-26-23-20-17-14-11-8-5-2/h16-17,19-20,25-28,40,42,59,62,67-70,72-74,76,78-80,82-83H,4-15,18,21-24,29-39,41,43-58,60-61,63-66H2,1-3H3,(H,77,84)/b19-16-,20-17-,27-25-,28-26-,42-40-,62-59+. The normalized spacial score (nSPS) is 18.6. The zero-order chi connectivity index (χ0) is 63.1. The third-order valence-corrected chi connectivity index (χ3v) is 17.1. The molecule has 1 aliphatic rings. The average molecular weight is 1220 g/mol. The summed E-state index contributed by atoms with van der Waals surface area (Å²) in [7, 11) is 0. The molecule has 0 saturated carbocycles. The van der Waals surface area contributed by atoms with Crippen molar-refractivity contribution in [1.29, 1.82) is 0 Å². The van der Waals surface area contributed by atoms with E-state index in [2.05, 4.69) is 86.8 Å². The van der Waals surface area contributed by atoms with Crippen LogP contribution >= 0.6 is 0 Å². The van der Waals surface area contributed by atoms with Crippen molar-refractivity contribution in [3.05, 3.63) is 72.9 Å². The largest absolute Gasteiger partial charge is 0.454 e. The van der Waals surface area contributed by atoms with Crippen molar-refractivity contribution < 1.29 is 49.3 Å². The molecule has 0 aromatic heterocycles. The molecule has 0 radical (unpaired) electrons. The highest BCUT2D eigenvalue weighted by Gasteiger charge is 2.47. The van der Waals surface area contributed by atoms with Crippen LogP contribution in [0.25, 0.3) is 0 Å². The van der Waals surface area contributed by atoms with Crippen LogP contribution in [-0.2, 0) is 23.8 Å². The Hall–Kier alpha value is -2.90. The molecule has 11 heteroatoms. The SMILES string of the molecule is CCCCC/C=C\C/C=C\C/C=C\CCCCCCCC(O)C(=O)NC(COC1OC(CO)C(O)C(O)C1OC(=O)CCCCCCCCCCCCCCCCCCC/C=C\C/C=C\CCCCC)C(O)/C=C/CCCCCCCCCCCCC. The molecule has 87 heavy (non-hydrogen) atoms. The molecule has 506 valence electrons. The molecule has 1 aliphatic heterocycles. The lowest BCUT2D eigenvalue weighted by molar-refractivity contribution is -0.305. The fourth-order valence-electron chi connectivity index (χ4n) is 11.3. The molecule has 1 rings (SSSR count). The zero-order valence-electron chi connectivity index (χ0n) is 56.4. The maximum atomic E-state index is 13.5. The molecular weight excluding hydrogens is 1090 g/mol. The minimum atomic E-state index is -1.62. The van der Waals surface area contributed by atoms with Crippen molar-refractivity contribution in [1.82, 2.24) is 5.32 Å². The summed E-state index contributed by atoms with van der Waals surface area (Å²) in [5, 5.41) is 57.3. The Morgan fingerprint density at radius 1 is 0.448 bits per heavy atom. The summed E-state index contributed by atoms with van der Waals surface area (Å²) in [6.45, 7) is 5.77. The topological polar surface area (TPSA) is 175 Å². The average Bonchev–Trinajstić information content (AvgIpc) is 2.75. The summed E-state index contributed by atoms with van der Waals surface area (Å²) >= 11 is 0. The number of rotatable bonds is 63. The lowest BCUT2D eigenvalue weighted by Gasteiger charge is -2.41. The molecule has 1 heterocycles. The second-order valence-corrected chi connectivity index (χ2v) is 25.3. The van der Waals surface area contributed by atoms with Gasteiger partial charge < -0.3 is 45.1 Å². The van der Waals surface area contributed by atoms with Crippen molar-refractivity contribution >= 4 is 11.9 Å². The molecular formula is C76H137NO10. The van der Waals surface area contributed by atoms with Gasteiger partial charge in [-0.25, -0.2) is 0 Å². The summed E-state index contributed by atoms with van der Waals surface area (Å²) < 4.78 is 17.7. The van der Waals surface area contributed by atoms with Crippen LogP contribution in [0.4, 0.5) is 0 Å². The van der Waals surface area contributed by atoms with Gasteiger partial charge in [0.2, 0.25) is 5.91 Å². The molecule has 0 aromatic carbocycles. The molecule has 1 saturated heterocycles. The van der Waals surface area contributed by atoms with E-state index in [9.17, 15) is 35.1 Å². The van der Waals surface area contributed by atoms with E-state index in [1.54, 1.807) is 6.08 Å². The van der Waals surface area contributed by atoms with Gasteiger partial charge in [0.15, 0.2) is 12.4 Å². The van der Waals surface area contributed by atoms with Gasteiger partial charge in [-0.3, -0.25) is 9.59 Å². The molecule has 0 bridgehead atoms. The van der Waals surface area contributed by atoms with Gasteiger partial charge in [0.05, 0.1) is 25.4 Å². The van der Waals surface area contributed by atoms with Crippen LogP contribution in [0.2, 0.25) is 0 Å². The van der Waals surface area contributed by atoms with Gasteiger partial charge in [-0.2, -0.15) is 0 Å². The van der Waals surface area contributed by atoms with Crippen molar-refractivity contribution in [2.45, 2.75) is 384 Å². The minimum Gasteiger partial charge on any atom is -0.454 e. The van der Waals surface area contributed by atoms with E-state index < -0.39 is 67.4 Å². The van der Waals surface area contributed by atoms with E-state index in [0.29, 0.717) is 12.8 Å². The van der Waals surface area contributed by atoms with Crippen LogP contribution < -0.4 is 5.32 Å². The quantitative estimate of drug-likeness (QED) is 0.0195. The van der Waals surface area contributed by atoms with Crippen molar-refractivity contribution in [2.24, 2.45) is 0 Å². The number of hydrogen-bond acceptors (Lipinski definition) is 10. The Morgan fingerprint density at radius 3 is 1.21 bits per heavy atom. The number of ether oxygens (including phenoxy) is 3. The molecule has 0 spiro atoms. The Labute approximate surface area is 534 Å². The lowest BCUT2D eigenvalue weighted by atomic mass is 9.99. The van der Waals surface area contributed by atoms with E-state index in [0.717, 1.165) is 89.9 Å². The van der Waals surface area contributed by atoms with Crippen LogP contribution in [-0.4, -0.2) is 99.6 Å². The molecule has 8 unspecified atom stereocenters.